The fraction of sp³-hybridized carbons (Fsp3) is 0.351. The average Bonchev–Trinajstić information content (AvgIpc) is 3.98. The monoisotopic (exact) mass is 611 g/mol. The van der Waals surface area contributed by atoms with Crippen molar-refractivity contribution in [3.63, 3.8) is 0 Å². The van der Waals surface area contributed by atoms with Crippen LogP contribution < -0.4 is 27.0 Å². The molecule has 1 nitrogen and oxygen atoms in total. The van der Waals surface area contributed by atoms with E-state index in [0.717, 1.165) is 16.1 Å². The van der Waals surface area contributed by atoms with Crippen LogP contribution in [0.5, 0.6) is 0 Å². The average molecular weight is 611 g/mol. The van der Waals surface area contributed by atoms with E-state index in [0.29, 0.717) is 8.37 Å². The van der Waals surface area contributed by atoms with Gasteiger partial charge in [-0.15, -0.1) is 0 Å². The molecule has 10 heterocycles. The number of fused-ring (bicyclic) bond motifs is 10. The molecule has 0 aliphatic carbocycles. The summed E-state index contributed by atoms with van der Waals surface area (Å²) in [6.07, 6.45) is 1.13. The Morgan fingerprint density at radius 2 is 0.976 bits per heavy atom. The van der Waals surface area contributed by atoms with Crippen molar-refractivity contribution in [1.82, 2.24) is 0 Å². The maximum absolute atomic E-state index is 8.54. The first-order valence-corrected chi connectivity index (χ1v) is 24.6. The normalized spacial score (nSPS) is 59.7. The van der Waals surface area contributed by atoms with Gasteiger partial charge in [-0.3, -0.25) is 0 Å². The summed E-state index contributed by atoms with van der Waals surface area (Å²) in [5.74, 6) is 0. The second-order valence-electron chi connectivity index (χ2n) is 17.0. The molecule has 10 saturated heterocycles. The van der Waals surface area contributed by atoms with Crippen molar-refractivity contribution < 1.29 is 6.51 Å². The van der Waals surface area contributed by atoms with Crippen LogP contribution in [-0.4, -0.2) is 9.33 Å². The second kappa shape index (κ2) is 3.43. The fourth-order valence-corrected chi connectivity index (χ4v) is 119. The van der Waals surface area contributed by atoms with Gasteiger partial charge in [0.05, 0.1) is 0 Å². The van der Waals surface area contributed by atoms with Gasteiger partial charge in [-0.05, 0) is 0 Å². The van der Waals surface area contributed by atoms with Gasteiger partial charge in [-0.1, -0.05) is 0 Å². The second-order valence-corrected chi connectivity index (χ2v) is 45.5. The molecular weight excluding hydrogens is 576 g/mol. The summed E-state index contributed by atoms with van der Waals surface area (Å²) in [5.41, 5.74) is 8.54. The van der Waals surface area contributed by atoms with Gasteiger partial charge in [0.15, 0.2) is 0 Å². The van der Waals surface area contributed by atoms with Gasteiger partial charge in [-0.25, -0.2) is 0 Å². The zero-order valence-corrected chi connectivity index (χ0v) is 26.1. The molecule has 10 aliphatic heterocycles. The summed E-state index contributed by atoms with van der Waals surface area (Å²) in [4.78, 5) is 9.48. The Balaban J connectivity index is 1.13. The van der Waals surface area contributed by atoms with E-state index in [4.69, 9.17) is 5.73 Å². The van der Waals surface area contributed by atoms with Crippen LogP contribution in [0.3, 0.4) is 0 Å². The van der Waals surface area contributed by atoms with Crippen LogP contribution in [0, 0.1) is 0 Å². The van der Waals surface area contributed by atoms with Crippen molar-refractivity contribution in [2.45, 2.75) is 65.5 Å². The first-order chi connectivity index (χ1) is 19.9. The first-order valence-electron chi connectivity index (χ1n) is 15.7. The number of hydrogen-bond donors (Lipinski definition) is 1. The van der Waals surface area contributed by atoms with E-state index >= 15 is 0 Å². The predicted octanol–water partition coefficient (Wildman–Crippen LogP) is 7.98. The van der Waals surface area contributed by atoms with Gasteiger partial charge in [0.2, 0.25) is 0 Å². The molecule has 4 aromatic carbocycles. The van der Waals surface area contributed by atoms with E-state index in [1.165, 1.54) is 39.5 Å². The molecule has 0 saturated carbocycles. The molecule has 14 rings (SSSR count). The van der Waals surface area contributed by atoms with Gasteiger partial charge < -0.3 is 0 Å². The number of hydrogen-bond acceptors (Lipinski definition) is 1. The molecule has 0 radical (unpaired) electrons. The number of rotatable bonds is 8. The third-order valence-electron chi connectivity index (χ3n) is 20.7. The molecule has 0 aromatic heterocycles. The van der Waals surface area contributed by atoms with Crippen molar-refractivity contribution in [3.05, 3.63) is 121 Å². The van der Waals surface area contributed by atoms with Crippen molar-refractivity contribution >= 4 is 37.1 Å². The first kappa shape index (κ1) is 21.0. The Kier molecular flexibility index (Phi) is 1.76. The van der Waals surface area contributed by atoms with Gasteiger partial charge >= 0.3 is 236 Å². The van der Waals surface area contributed by atoms with Crippen LogP contribution >= 0.6 is 15.8 Å². The van der Waals surface area contributed by atoms with Crippen LogP contribution in [-0.2, 0) is 6.51 Å². The Labute approximate surface area is 235 Å². The molecule has 6 unspecified atom stereocenters. The van der Waals surface area contributed by atoms with Crippen LogP contribution in [0.4, 0.5) is 0 Å². The summed E-state index contributed by atoms with van der Waals surface area (Å²) < 4.78 is 1.08. The summed E-state index contributed by atoms with van der Waals surface area (Å²) in [5, 5.41) is 6.27. The van der Waals surface area contributed by atoms with Gasteiger partial charge in [0.1, 0.15) is 0 Å². The van der Waals surface area contributed by atoms with E-state index in [1.807, 2.05) is 0 Å². The van der Waals surface area contributed by atoms with E-state index in [1.54, 1.807) is 10.6 Å². The fourth-order valence-electron chi connectivity index (χ4n) is 22.3. The van der Waals surface area contributed by atoms with E-state index in [2.05, 4.69) is 128 Å². The zero-order valence-electron chi connectivity index (χ0n) is 23.2. The molecule has 0 amide bonds. The van der Waals surface area contributed by atoms with Crippen LogP contribution in [0.15, 0.2) is 121 Å². The Bertz CT molecular complexity index is 2170. The maximum atomic E-state index is 8.54. The summed E-state index contributed by atoms with van der Waals surface area (Å²) >= 11 is 0. The van der Waals surface area contributed by atoms with E-state index in [-0.39, 0.29) is 5.28 Å². The van der Waals surface area contributed by atoms with Crippen LogP contribution in [0.25, 0.3) is 0 Å². The molecule has 6 atom stereocenters. The molecule has 1 spiro atoms. The SMILES string of the molecule is CCC(N)(P(c1ccccc1)c1ccccc1)[C]12[CH]3[CH]4[CH]5[C]1(P(c1ccccc1)c1ccccc1)[Fe]45321678[CH]2[CH]1[CH]6[CH]7[CH]28. The Morgan fingerprint density at radius 1 is 0.585 bits per heavy atom. The van der Waals surface area contributed by atoms with Crippen LogP contribution in [0.1, 0.15) is 13.3 Å². The van der Waals surface area contributed by atoms with E-state index < -0.39 is 22.4 Å². The Morgan fingerprint density at radius 3 is 1.32 bits per heavy atom. The standard InChI is InChI=1S/C32H30NP2.C5H5.Fe/c1-2-32(33,35(28-20-11-5-12-21-28)29-22-13-6-14-23-29)30-24-15-25-31(30)34(26-16-7-3-8-17-26)27-18-9-4-10-19-27;1-2-4-5-3-1;/h3-25H,2,33H2,1H3;1-5H;. The van der Waals surface area contributed by atoms with E-state index in [9.17, 15) is 0 Å². The topological polar surface area (TPSA) is 26.0 Å². The molecule has 2 N–H and O–H groups in total. The zero-order chi connectivity index (χ0) is 26.7. The van der Waals surface area contributed by atoms with Crippen LogP contribution in [0.2, 0.25) is 42.8 Å². The molecule has 10 aliphatic rings. The third kappa shape index (κ3) is 0.568. The molecule has 206 valence electrons. The Hall–Kier alpha value is -1.78. The van der Waals surface area contributed by atoms with Crippen molar-refractivity contribution in [3.8, 4) is 0 Å². The summed E-state index contributed by atoms with van der Waals surface area (Å²) in [7, 11) is -1.09. The molecule has 0 bridgehead atoms. The number of benzene rings is 4. The summed E-state index contributed by atoms with van der Waals surface area (Å²) in [6, 6.07) is 47.2. The number of nitrogens with two attached hydrogens (primary N) is 1. The van der Waals surface area contributed by atoms with Gasteiger partial charge in [-0.2, -0.15) is 0 Å². The van der Waals surface area contributed by atoms with Crippen molar-refractivity contribution in [2.24, 2.45) is 5.73 Å². The minimum absolute atomic E-state index is 0.112. The summed E-state index contributed by atoms with van der Waals surface area (Å²) in [6.45, 7) is -1.54. The van der Waals surface area contributed by atoms with Crippen molar-refractivity contribution in [2.75, 3.05) is 0 Å². The van der Waals surface area contributed by atoms with Crippen molar-refractivity contribution in [1.29, 1.82) is 0 Å². The molecule has 10 fully saturated rings. The van der Waals surface area contributed by atoms with Gasteiger partial charge in [0, 0.05) is 0 Å². The molecule has 4 aromatic rings. The minimum atomic E-state index is -4.05. The predicted molar refractivity (Wildman–Crippen MR) is 171 cm³/mol. The molecular formula is C37H35FeNP2. The van der Waals surface area contributed by atoms with Gasteiger partial charge in [0.25, 0.3) is 0 Å². The molecule has 4 heteroatoms. The third-order valence-corrected chi connectivity index (χ3v) is 74.0. The molecule has 41 heavy (non-hydrogen) atoms. The quantitative estimate of drug-likeness (QED) is 0.159.